The molecule has 0 aliphatic heterocycles. The summed E-state index contributed by atoms with van der Waals surface area (Å²) in [5.74, 6) is 1.22. The molecule has 20 heavy (non-hydrogen) atoms. The maximum atomic E-state index is 12.7. The summed E-state index contributed by atoms with van der Waals surface area (Å²) in [7, 11) is 1.68. The van der Waals surface area contributed by atoms with Gasteiger partial charge >= 0.3 is 0 Å². The van der Waals surface area contributed by atoms with Gasteiger partial charge in [0.05, 0.1) is 12.5 Å². The number of ether oxygens (including phenoxy) is 1. The fourth-order valence-corrected chi connectivity index (χ4v) is 3.98. The van der Waals surface area contributed by atoms with Crippen LogP contribution in [0.2, 0.25) is 0 Å². The van der Waals surface area contributed by atoms with E-state index in [0.717, 1.165) is 18.6 Å². The minimum absolute atomic E-state index is 0.111. The van der Waals surface area contributed by atoms with Crippen LogP contribution in [0.4, 0.5) is 0 Å². The molecule has 1 fully saturated rings. The average Bonchev–Trinajstić information content (AvgIpc) is 2.43. The number of benzene rings is 1. The third-order valence-electron chi connectivity index (χ3n) is 5.18. The van der Waals surface area contributed by atoms with Gasteiger partial charge in [0.25, 0.3) is 0 Å². The molecule has 1 saturated carbocycles. The van der Waals surface area contributed by atoms with E-state index in [1.165, 1.54) is 16.7 Å². The number of rotatable bonds is 1. The summed E-state index contributed by atoms with van der Waals surface area (Å²) < 4.78 is 5.31. The van der Waals surface area contributed by atoms with E-state index in [1.54, 1.807) is 7.11 Å². The zero-order valence-electron chi connectivity index (χ0n) is 12.7. The lowest BCUT2D eigenvalue weighted by molar-refractivity contribution is -0.125. The van der Waals surface area contributed by atoms with Crippen molar-refractivity contribution in [3.63, 3.8) is 0 Å². The number of fused-ring (bicyclic) bond motifs is 3. The van der Waals surface area contributed by atoms with Crippen molar-refractivity contribution in [2.24, 2.45) is 5.41 Å². The molecule has 0 N–H and O–H groups in total. The van der Waals surface area contributed by atoms with Crippen molar-refractivity contribution in [1.82, 2.24) is 0 Å². The third-order valence-corrected chi connectivity index (χ3v) is 5.18. The van der Waals surface area contributed by atoms with Crippen LogP contribution in [0.5, 0.6) is 5.75 Å². The number of ketones is 1. The third kappa shape index (κ3) is 1.67. The molecule has 0 spiro atoms. The lowest BCUT2D eigenvalue weighted by Gasteiger charge is -2.47. The van der Waals surface area contributed by atoms with E-state index < -0.39 is 5.41 Å². The smallest absolute Gasteiger partial charge is 0.147 e. The molecule has 0 amide bonds. The number of hydrogen-bond donors (Lipinski definition) is 0. The van der Waals surface area contributed by atoms with Gasteiger partial charge in [0.2, 0.25) is 0 Å². The van der Waals surface area contributed by atoms with Gasteiger partial charge in [-0.3, -0.25) is 4.79 Å². The summed E-state index contributed by atoms with van der Waals surface area (Å²) >= 11 is 0. The molecule has 0 heterocycles. The minimum atomic E-state index is -0.443. The van der Waals surface area contributed by atoms with Crippen molar-refractivity contribution in [2.75, 3.05) is 7.11 Å². The monoisotopic (exact) mass is 270 g/mol. The Balaban J connectivity index is 2.20. The minimum Gasteiger partial charge on any atom is -0.497 e. The van der Waals surface area contributed by atoms with Gasteiger partial charge in [0.1, 0.15) is 11.5 Å². The number of methoxy groups -OCH3 is 1. The molecule has 1 atom stereocenters. The summed E-state index contributed by atoms with van der Waals surface area (Å²) in [6.07, 6.45) is 4.80. The fraction of sp³-hybridized carbons (Fsp3) is 0.500. The van der Waals surface area contributed by atoms with Crippen molar-refractivity contribution < 1.29 is 9.53 Å². The van der Waals surface area contributed by atoms with Crippen LogP contribution in [-0.2, 0) is 16.6 Å². The first-order chi connectivity index (χ1) is 9.39. The molecule has 2 nitrogen and oxygen atoms in total. The number of Topliss-reactive ketones (excluding diaryl/α,β-unsaturated/α-hetero) is 1. The van der Waals surface area contributed by atoms with E-state index in [1.807, 2.05) is 6.07 Å². The maximum absolute atomic E-state index is 12.7. The Labute approximate surface area is 120 Å². The largest absolute Gasteiger partial charge is 0.497 e. The van der Waals surface area contributed by atoms with E-state index in [4.69, 9.17) is 4.74 Å². The Bertz CT molecular complexity index is 610. The quantitative estimate of drug-likeness (QED) is 0.725. The van der Waals surface area contributed by atoms with E-state index in [9.17, 15) is 4.79 Å². The topological polar surface area (TPSA) is 26.3 Å². The molecule has 0 aromatic heterocycles. The predicted octanol–water partition coefficient (Wildman–Crippen LogP) is 3.82. The molecule has 0 saturated heterocycles. The average molecular weight is 270 g/mol. The van der Waals surface area contributed by atoms with Crippen molar-refractivity contribution in [3.05, 3.63) is 41.0 Å². The van der Waals surface area contributed by atoms with Crippen LogP contribution in [0, 0.1) is 5.41 Å². The van der Waals surface area contributed by atoms with Gasteiger partial charge in [-0.2, -0.15) is 0 Å². The van der Waals surface area contributed by atoms with Crippen LogP contribution in [0.25, 0.3) is 0 Å². The summed E-state index contributed by atoms with van der Waals surface area (Å²) in [6, 6.07) is 6.13. The van der Waals surface area contributed by atoms with Crippen LogP contribution in [0.3, 0.4) is 0 Å². The first kappa shape index (κ1) is 13.4. The molecule has 0 radical (unpaired) electrons. The highest BCUT2D eigenvalue weighted by Crippen LogP contribution is 2.53. The Morgan fingerprint density at radius 1 is 1.20 bits per heavy atom. The summed E-state index contributed by atoms with van der Waals surface area (Å²) in [5, 5.41) is 0. The summed E-state index contributed by atoms with van der Waals surface area (Å²) in [4.78, 5) is 12.7. The predicted molar refractivity (Wildman–Crippen MR) is 80.2 cm³/mol. The fourth-order valence-electron chi connectivity index (χ4n) is 3.98. The van der Waals surface area contributed by atoms with Crippen molar-refractivity contribution in [2.45, 2.75) is 45.4 Å². The molecule has 1 aromatic carbocycles. The van der Waals surface area contributed by atoms with Crippen LogP contribution < -0.4 is 4.74 Å². The van der Waals surface area contributed by atoms with Gasteiger partial charge in [-0.1, -0.05) is 31.6 Å². The molecule has 1 unspecified atom stereocenters. The van der Waals surface area contributed by atoms with Gasteiger partial charge in [0, 0.05) is 6.42 Å². The standard InChI is InChI=1S/C18H22O2/c1-17(2)10-9-16(19)18(3)14-7-6-13(20-4)11-12(14)5-8-15(17)18/h6-8,11H,5,9-10H2,1-4H3. The van der Waals surface area contributed by atoms with Gasteiger partial charge in [-0.15, -0.1) is 0 Å². The molecule has 2 aliphatic carbocycles. The van der Waals surface area contributed by atoms with Gasteiger partial charge in [0.15, 0.2) is 0 Å². The van der Waals surface area contributed by atoms with Crippen LogP contribution in [0.15, 0.2) is 29.8 Å². The Morgan fingerprint density at radius 2 is 1.95 bits per heavy atom. The Morgan fingerprint density at radius 3 is 2.65 bits per heavy atom. The molecular formula is C18H22O2. The first-order valence-electron chi connectivity index (χ1n) is 7.31. The van der Waals surface area contributed by atoms with Gasteiger partial charge in [-0.25, -0.2) is 0 Å². The van der Waals surface area contributed by atoms with Crippen LogP contribution in [-0.4, -0.2) is 12.9 Å². The van der Waals surface area contributed by atoms with Crippen LogP contribution >= 0.6 is 0 Å². The highest BCUT2D eigenvalue weighted by molar-refractivity contribution is 5.95. The number of hydrogen-bond acceptors (Lipinski definition) is 2. The van der Waals surface area contributed by atoms with Crippen molar-refractivity contribution in [3.8, 4) is 5.75 Å². The molecular weight excluding hydrogens is 248 g/mol. The lowest BCUT2D eigenvalue weighted by atomic mass is 9.55. The summed E-state index contributed by atoms with van der Waals surface area (Å²) in [5.41, 5.74) is 3.37. The van der Waals surface area contributed by atoms with Crippen molar-refractivity contribution >= 4 is 5.78 Å². The SMILES string of the molecule is COc1ccc2c(c1)CC=C1C(C)(C)CCC(=O)C12C. The zero-order valence-corrected chi connectivity index (χ0v) is 12.7. The Hall–Kier alpha value is -1.57. The second-order valence-corrected chi connectivity index (χ2v) is 6.78. The number of allylic oxidation sites excluding steroid dienone is 2. The maximum Gasteiger partial charge on any atom is 0.147 e. The molecule has 106 valence electrons. The molecule has 3 rings (SSSR count). The molecule has 0 bridgehead atoms. The van der Waals surface area contributed by atoms with Crippen LogP contribution in [0.1, 0.15) is 44.7 Å². The second-order valence-electron chi connectivity index (χ2n) is 6.78. The highest BCUT2D eigenvalue weighted by atomic mass is 16.5. The van der Waals surface area contributed by atoms with E-state index in [2.05, 4.69) is 39.0 Å². The van der Waals surface area contributed by atoms with Gasteiger partial charge < -0.3 is 4.74 Å². The van der Waals surface area contributed by atoms with Gasteiger partial charge in [-0.05, 0) is 48.4 Å². The lowest BCUT2D eigenvalue weighted by Crippen LogP contribution is -2.46. The van der Waals surface area contributed by atoms with E-state index >= 15 is 0 Å². The zero-order chi connectivity index (χ0) is 14.5. The second kappa shape index (κ2) is 4.21. The molecule has 1 aromatic rings. The van der Waals surface area contributed by atoms with Crippen molar-refractivity contribution in [1.29, 1.82) is 0 Å². The molecule has 2 heteroatoms. The van der Waals surface area contributed by atoms with E-state index in [0.29, 0.717) is 12.2 Å². The molecule has 2 aliphatic rings. The number of carbonyl (C=O) groups is 1. The summed E-state index contributed by atoms with van der Waals surface area (Å²) in [6.45, 7) is 6.63. The van der Waals surface area contributed by atoms with E-state index in [-0.39, 0.29) is 5.41 Å². The number of carbonyl (C=O) groups excluding carboxylic acids is 1. The first-order valence-corrected chi connectivity index (χ1v) is 7.31. The normalized spacial score (nSPS) is 27.4. The highest BCUT2D eigenvalue weighted by Gasteiger charge is 2.50. The Kier molecular flexibility index (Phi) is 2.82.